The van der Waals surface area contributed by atoms with Gasteiger partial charge in [-0.1, -0.05) is 41.9 Å². The number of aliphatic hydroxyl groups is 1. The Morgan fingerprint density at radius 3 is 2.72 bits per heavy atom. The van der Waals surface area contributed by atoms with Crippen LogP contribution in [-0.4, -0.2) is 29.7 Å². The Morgan fingerprint density at radius 2 is 2.00 bits per heavy atom. The van der Waals surface area contributed by atoms with Gasteiger partial charge in [-0.15, -0.1) is 0 Å². The van der Waals surface area contributed by atoms with Gasteiger partial charge in [-0.2, -0.15) is 10.4 Å². The Labute approximate surface area is 170 Å². The van der Waals surface area contributed by atoms with E-state index < -0.39 is 5.72 Å². The molecule has 10 heteroatoms. The second kappa shape index (κ2) is 7.01. The summed E-state index contributed by atoms with van der Waals surface area (Å²) in [5, 5.41) is 28.5. The van der Waals surface area contributed by atoms with Crippen LogP contribution in [0.25, 0.3) is 16.9 Å². The molecule has 9 nitrogen and oxygen atoms in total. The van der Waals surface area contributed by atoms with E-state index in [9.17, 15) is 10.4 Å². The maximum Gasteiger partial charge on any atom is 0.162 e. The monoisotopic (exact) mass is 406 g/mol. The molecule has 3 aromatic heterocycles. The van der Waals surface area contributed by atoms with Crippen LogP contribution in [0.3, 0.4) is 0 Å². The van der Waals surface area contributed by atoms with Gasteiger partial charge >= 0.3 is 0 Å². The first-order valence-electron chi connectivity index (χ1n) is 8.52. The summed E-state index contributed by atoms with van der Waals surface area (Å²) in [6, 6.07) is 12.9. The van der Waals surface area contributed by atoms with E-state index in [0.29, 0.717) is 22.1 Å². The Hall–Kier alpha value is -3.74. The van der Waals surface area contributed by atoms with Crippen molar-refractivity contribution in [2.45, 2.75) is 12.6 Å². The number of hydrogen-bond donors (Lipinski definition) is 3. The van der Waals surface area contributed by atoms with Gasteiger partial charge in [0.1, 0.15) is 23.8 Å². The van der Waals surface area contributed by atoms with Gasteiger partial charge in [-0.05, 0) is 13.0 Å². The van der Waals surface area contributed by atoms with Gasteiger partial charge in [0.05, 0.1) is 11.9 Å². The number of imidazole rings is 1. The number of aromatic nitrogens is 5. The molecule has 0 aliphatic carbocycles. The second-order valence-electron chi connectivity index (χ2n) is 6.42. The first kappa shape index (κ1) is 18.6. The van der Waals surface area contributed by atoms with Crippen molar-refractivity contribution in [3.8, 4) is 17.3 Å². The SMILES string of the molecule is C[C@](O)(Nc1ncnc(N)c1C#N)c1cc2ncc(Cl)n2nc1-c1ccccc1. The van der Waals surface area contributed by atoms with Gasteiger partial charge in [-0.25, -0.2) is 19.5 Å². The Morgan fingerprint density at radius 1 is 1.24 bits per heavy atom. The highest BCUT2D eigenvalue weighted by molar-refractivity contribution is 6.29. The fraction of sp³-hybridized carbons (Fsp3) is 0.105. The summed E-state index contributed by atoms with van der Waals surface area (Å²) in [5.41, 5.74) is 6.23. The molecule has 4 N–H and O–H groups in total. The van der Waals surface area contributed by atoms with Crippen molar-refractivity contribution in [3.63, 3.8) is 0 Å². The lowest BCUT2D eigenvalue weighted by Crippen LogP contribution is -2.33. The van der Waals surface area contributed by atoms with Gasteiger partial charge in [0, 0.05) is 11.1 Å². The van der Waals surface area contributed by atoms with Crippen molar-refractivity contribution >= 4 is 28.9 Å². The number of nitriles is 1. The molecule has 1 aromatic carbocycles. The van der Waals surface area contributed by atoms with Crippen molar-refractivity contribution in [2.24, 2.45) is 0 Å². The zero-order valence-electron chi connectivity index (χ0n) is 15.2. The topological polar surface area (TPSA) is 138 Å². The summed E-state index contributed by atoms with van der Waals surface area (Å²) in [6.45, 7) is 1.52. The van der Waals surface area contributed by atoms with E-state index in [1.165, 1.54) is 24.0 Å². The van der Waals surface area contributed by atoms with Crippen molar-refractivity contribution in [1.82, 2.24) is 24.6 Å². The number of nitrogen functional groups attached to an aromatic ring is 1. The highest BCUT2D eigenvalue weighted by Crippen LogP contribution is 2.33. The molecule has 0 aliphatic heterocycles. The van der Waals surface area contributed by atoms with Crippen molar-refractivity contribution < 1.29 is 5.11 Å². The van der Waals surface area contributed by atoms with E-state index in [4.69, 9.17) is 17.3 Å². The minimum Gasteiger partial charge on any atom is -0.382 e. The number of nitrogens with one attached hydrogen (secondary N) is 1. The van der Waals surface area contributed by atoms with E-state index >= 15 is 0 Å². The summed E-state index contributed by atoms with van der Waals surface area (Å²) >= 11 is 6.18. The van der Waals surface area contributed by atoms with Crippen LogP contribution in [0.15, 0.2) is 48.9 Å². The minimum atomic E-state index is -1.68. The third-order valence-corrected chi connectivity index (χ3v) is 4.63. The quantitative estimate of drug-likeness (QED) is 0.439. The molecule has 0 aliphatic rings. The van der Waals surface area contributed by atoms with Gasteiger partial charge in [0.25, 0.3) is 0 Å². The van der Waals surface area contributed by atoms with Gasteiger partial charge in [0.15, 0.2) is 22.3 Å². The van der Waals surface area contributed by atoms with Crippen molar-refractivity contribution in [3.05, 3.63) is 65.2 Å². The van der Waals surface area contributed by atoms with E-state index in [0.717, 1.165) is 5.56 Å². The molecule has 0 unspecified atom stereocenters. The number of benzene rings is 1. The number of fused-ring (bicyclic) bond motifs is 1. The molecule has 0 radical (unpaired) electrons. The minimum absolute atomic E-state index is 0.0118. The number of rotatable bonds is 4. The van der Waals surface area contributed by atoms with E-state index in [1.807, 2.05) is 36.4 Å². The van der Waals surface area contributed by atoms with Crippen LogP contribution in [0.2, 0.25) is 5.15 Å². The second-order valence-corrected chi connectivity index (χ2v) is 6.80. The highest BCUT2D eigenvalue weighted by atomic mass is 35.5. The summed E-state index contributed by atoms with van der Waals surface area (Å²) in [4.78, 5) is 12.1. The fourth-order valence-electron chi connectivity index (χ4n) is 2.97. The molecule has 0 amide bonds. The number of nitrogens with zero attached hydrogens (tertiary/aromatic N) is 6. The molecule has 0 saturated carbocycles. The Bertz CT molecular complexity index is 1250. The number of halogens is 1. The molecule has 144 valence electrons. The van der Waals surface area contributed by atoms with Crippen molar-refractivity contribution in [1.29, 1.82) is 5.26 Å². The molecule has 0 spiro atoms. The lowest BCUT2D eigenvalue weighted by atomic mass is 9.98. The maximum absolute atomic E-state index is 11.3. The molecule has 3 heterocycles. The van der Waals surface area contributed by atoms with Crippen LogP contribution < -0.4 is 11.1 Å². The predicted octanol–water partition coefficient (Wildman–Crippen LogP) is 2.57. The third-order valence-electron chi connectivity index (χ3n) is 4.37. The molecule has 0 bridgehead atoms. The summed E-state index contributed by atoms with van der Waals surface area (Å²) < 4.78 is 1.48. The normalized spacial score (nSPS) is 13.0. The molecule has 29 heavy (non-hydrogen) atoms. The van der Waals surface area contributed by atoms with Gasteiger partial charge in [-0.3, -0.25) is 0 Å². The average Bonchev–Trinajstić information content (AvgIpc) is 3.08. The zero-order chi connectivity index (χ0) is 20.6. The van der Waals surface area contributed by atoms with Crippen LogP contribution >= 0.6 is 11.6 Å². The fourth-order valence-corrected chi connectivity index (χ4v) is 3.14. The molecule has 1 atom stereocenters. The van der Waals surface area contributed by atoms with Gasteiger partial charge in [0.2, 0.25) is 0 Å². The summed E-state index contributed by atoms with van der Waals surface area (Å²) in [6.07, 6.45) is 2.69. The van der Waals surface area contributed by atoms with Gasteiger partial charge < -0.3 is 16.2 Å². The first-order valence-corrected chi connectivity index (χ1v) is 8.90. The largest absolute Gasteiger partial charge is 0.382 e. The molecule has 4 aromatic rings. The Balaban J connectivity index is 1.90. The van der Waals surface area contributed by atoms with E-state index in [-0.39, 0.29) is 17.2 Å². The van der Waals surface area contributed by atoms with Crippen molar-refractivity contribution in [2.75, 3.05) is 11.1 Å². The first-order chi connectivity index (χ1) is 13.9. The zero-order valence-corrected chi connectivity index (χ0v) is 16.0. The van der Waals surface area contributed by atoms with Crippen LogP contribution in [0.5, 0.6) is 0 Å². The van der Waals surface area contributed by atoms with Crippen LogP contribution in [0.4, 0.5) is 11.6 Å². The van der Waals surface area contributed by atoms with Crippen LogP contribution in [-0.2, 0) is 5.72 Å². The molecular weight excluding hydrogens is 392 g/mol. The average molecular weight is 407 g/mol. The Kier molecular flexibility index (Phi) is 4.50. The standard InChI is InChI=1S/C19H15ClN8O/c1-19(29,26-18-12(8-21)17(22)24-10-25-18)13-7-15-23-9-14(20)28(15)27-16(13)11-5-3-2-4-6-11/h2-7,9-10,29H,1H3,(H3,22,24,25,26)/t19-/m1/s1. The third kappa shape index (κ3) is 3.31. The molecule has 0 saturated heterocycles. The summed E-state index contributed by atoms with van der Waals surface area (Å²) in [7, 11) is 0. The van der Waals surface area contributed by atoms with E-state index in [1.54, 1.807) is 6.07 Å². The predicted molar refractivity (Wildman–Crippen MR) is 108 cm³/mol. The van der Waals surface area contributed by atoms with Crippen LogP contribution in [0, 0.1) is 11.3 Å². The van der Waals surface area contributed by atoms with Crippen LogP contribution in [0.1, 0.15) is 18.1 Å². The molecular formula is C19H15ClN8O. The lowest BCUT2D eigenvalue weighted by molar-refractivity contribution is 0.0885. The number of anilines is 2. The molecule has 4 rings (SSSR count). The summed E-state index contributed by atoms with van der Waals surface area (Å²) in [5.74, 6) is 0.114. The molecule has 0 fully saturated rings. The highest BCUT2D eigenvalue weighted by Gasteiger charge is 2.30. The van der Waals surface area contributed by atoms with E-state index in [2.05, 4.69) is 25.4 Å². The lowest BCUT2D eigenvalue weighted by Gasteiger charge is -2.28. The smallest absolute Gasteiger partial charge is 0.162 e. The number of nitrogens with two attached hydrogens (primary N) is 1. The maximum atomic E-state index is 11.3. The number of hydrogen-bond acceptors (Lipinski definition) is 8.